The lowest BCUT2D eigenvalue weighted by molar-refractivity contribution is 0.507. The number of hydrogen-bond donors (Lipinski definition) is 0. The molecular weight excluding hydrogens is 436 g/mol. The molecule has 0 N–H and O–H groups in total. The van der Waals surface area contributed by atoms with Crippen LogP contribution < -0.4 is 4.90 Å². The summed E-state index contributed by atoms with van der Waals surface area (Å²) < 4.78 is 2.47. The monoisotopic (exact) mass is 466 g/mol. The summed E-state index contributed by atoms with van der Waals surface area (Å²) in [4.78, 5) is 2.58. The third-order valence-corrected chi connectivity index (χ3v) is 7.85. The van der Waals surface area contributed by atoms with Crippen LogP contribution in [0.25, 0.3) is 27.5 Å². The van der Waals surface area contributed by atoms with E-state index in [1.54, 1.807) is 0 Å². The summed E-state index contributed by atoms with van der Waals surface area (Å²) in [5.74, 6) is 0.311. The zero-order valence-electron chi connectivity index (χ0n) is 21.0. The van der Waals surface area contributed by atoms with Crippen LogP contribution in [0.3, 0.4) is 0 Å². The summed E-state index contributed by atoms with van der Waals surface area (Å²) in [6.07, 6.45) is 7.31. The van der Waals surface area contributed by atoms with Crippen molar-refractivity contribution >= 4 is 33.2 Å². The minimum Gasteiger partial charge on any atom is -0.332 e. The fourth-order valence-corrected chi connectivity index (χ4v) is 6.15. The van der Waals surface area contributed by atoms with Crippen molar-refractivity contribution in [3.63, 3.8) is 0 Å². The molecule has 7 rings (SSSR count). The number of nitrogens with zero attached hydrogens (tertiary/aromatic N) is 2. The molecule has 0 spiro atoms. The molecule has 0 saturated carbocycles. The molecule has 2 nitrogen and oxygen atoms in total. The van der Waals surface area contributed by atoms with Crippen LogP contribution in [0.5, 0.6) is 0 Å². The highest BCUT2D eigenvalue weighted by Gasteiger charge is 2.41. The number of rotatable bonds is 2. The van der Waals surface area contributed by atoms with Crippen molar-refractivity contribution in [2.24, 2.45) is 5.41 Å². The fourth-order valence-electron chi connectivity index (χ4n) is 6.15. The van der Waals surface area contributed by atoms with Gasteiger partial charge in [-0.1, -0.05) is 106 Å². The van der Waals surface area contributed by atoms with Gasteiger partial charge >= 0.3 is 0 Å². The Morgan fingerprint density at radius 3 is 2.06 bits per heavy atom. The Morgan fingerprint density at radius 2 is 1.33 bits per heavy atom. The van der Waals surface area contributed by atoms with E-state index in [0.29, 0.717) is 5.92 Å². The lowest BCUT2D eigenvalue weighted by Gasteiger charge is -2.32. The number of hydrogen-bond acceptors (Lipinski definition) is 1. The molecule has 1 aliphatic carbocycles. The lowest BCUT2D eigenvalue weighted by Crippen LogP contribution is -2.30. The molecule has 2 unspecified atom stereocenters. The molecule has 0 saturated heterocycles. The normalized spacial score (nSPS) is 19.0. The molecule has 0 bridgehead atoms. The fraction of sp³-hybridized carbons (Fsp3) is 0.176. The first-order valence-corrected chi connectivity index (χ1v) is 12.9. The summed E-state index contributed by atoms with van der Waals surface area (Å²) in [5, 5.41) is 2.60. The zero-order valence-corrected chi connectivity index (χ0v) is 21.0. The quantitative estimate of drug-likeness (QED) is 0.252. The van der Waals surface area contributed by atoms with E-state index < -0.39 is 0 Å². The van der Waals surface area contributed by atoms with Gasteiger partial charge in [-0.25, -0.2) is 0 Å². The van der Waals surface area contributed by atoms with E-state index in [1.165, 1.54) is 50.0 Å². The van der Waals surface area contributed by atoms with Crippen molar-refractivity contribution in [3.8, 4) is 5.69 Å². The largest absolute Gasteiger partial charge is 0.332 e. The SMILES string of the molecule is CC(C)(C)C1=CC2c3ccc4c5ccccc5n(-c5ccccc5)c4c3N(c3ccccc3)C2C=C1. The molecule has 4 aromatic carbocycles. The van der Waals surface area contributed by atoms with Crippen molar-refractivity contribution in [2.75, 3.05) is 4.90 Å². The number of benzene rings is 4. The summed E-state index contributed by atoms with van der Waals surface area (Å²) in [7, 11) is 0. The highest BCUT2D eigenvalue weighted by atomic mass is 15.2. The van der Waals surface area contributed by atoms with E-state index in [-0.39, 0.29) is 11.5 Å². The molecule has 1 aromatic heterocycles. The standard InChI is InChI=1S/C34H30N2/c1-34(2,3)23-18-21-31-29(22-23)28-20-19-27-26-16-10-11-17-30(26)35(24-12-6-4-7-13-24)32(27)33(28)36(31)25-14-8-5-9-15-25/h4-22,29,31H,1-3H3. The molecule has 2 aliphatic rings. The van der Waals surface area contributed by atoms with Crippen molar-refractivity contribution in [2.45, 2.75) is 32.7 Å². The Balaban J connectivity index is 1.61. The number of aromatic nitrogens is 1. The second-order valence-electron chi connectivity index (χ2n) is 11.0. The molecule has 1 aliphatic heterocycles. The Bertz CT molecular complexity index is 1660. The topological polar surface area (TPSA) is 8.17 Å². The van der Waals surface area contributed by atoms with Crippen LogP contribution in [-0.4, -0.2) is 10.6 Å². The molecule has 2 heteroatoms. The summed E-state index contributed by atoms with van der Waals surface area (Å²) >= 11 is 0. The Morgan fingerprint density at radius 1 is 0.667 bits per heavy atom. The van der Waals surface area contributed by atoms with Crippen molar-refractivity contribution < 1.29 is 0 Å². The summed E-state index contributed by atoms with van der Waals surface area (Å²) in [6.45, 7) is 6.93. The van der Waals surface area contributed by atoms with Crippen LogP contribution in [0.4, 0.5) is 11.4 Å². The second kappa shape index (κ2) is 7.73. The summed E-state index contributed by atoms with van der Waals surface area (Å²) in [5.41, 5.74) is 9.22. The molecule has 36 heavy (non-hydrogen) atoms. The van der Waals surface area contributed by atoms with Gasteiger partial charge in [0.25, 0.3) is 0 Å². The van der Waals surface area contributed by atoms with Gasteiger partial charge in [0.05, 0.1) is 22.8 Å². The van der Waals surface area contributed by atoms with Crippen LogP contribution in [-0.2, 0) is 0 Å². The molecule has 0 fully saturated rings. The molecule has 2 heterocycles. The molecule has 0 radical (unpaired) electrons. The first-order valence-electron chi connectivity index (χ1n) is 12.9. The predicted octanol–water partition coefficient (Wildman–Crippen LogP) is 8.93. The Hall–Kier alpha value is -4.04. The van der Waals surface area contributed by atoms with Gasteiger partial charge in [-0.15, -0.1) is 0 Å². The molecule has 5 aromatic rings. The molecule has 176 valence electrons. The third-order valence-electron chi connectivity index (χ3n) is 7.85. The smallest absolute Gasteiger partial charge is 0.0782 e. The van der Waals surface area contributed by atoms with Gasteiger partial charge < -0.3 is 9.47 Å². The van der Waals surface area contributed by atoms with Crippen molar-refractivity contribution in [3.05, 3.63) is 126 Å². The lowest BCUT2D eigenvalue weighted by atomic mass is 9.78. The second-order valence-corrected chi connectivity index (χ2v) is 11.0. The minimum absolute atomic E-state index is 0.116. The Kier molecular flexibility index (Phi) is 4.56. The first-order chi connectivity index (χ1) is 17.5. The molecule has 0 amide bonds. The van der Waals surface area contributed by atoms with E-state index in [2.05, 4.69) is 146 Å². The average molecular weight is 467 g/mol. The highest BCUT2D eigenvalue weighted by Crippen LogP contribution is 2.53. The number of allylic oxidation sites excluding steroid dienone is 2. The van der Waals surface area contributed by atoms with E-state index in [0.717, 1.165) is 0 Å². The van der Waals surface area contributed by atoms with Crippen LogP contribution in [0.1, 0.15) is 32.3 Å². The van der Waals surface area contributed by atoms with Crippen LogP contribution >= 0.6 is 0 Å². The zero-order chi connectivity index (χ0) is 24.4. The van der Waals surface area contributed by atoms with E-state index in [9.17, 15) is 0 Å². The van der Waals surface area contributed by atoms with Gasteiger partial charge in [0.2, 0.25) is 0 Å². The third kappa shape index (κ3) is 3.04. The maximum atomic E-state index is 2.58. The first kappa shape index (κ1) is 21.3. The summed E-state index contributed by atoms with van der Waals surface area (Å²) in [6, 6.07) is 35.5. The molecule has 2 atom stereocenters. The maximum Gasteiger partial charge on any atom is 0.0782 e. The minimum atomic E-state index is 0.116. The van der Waals surface area contributed by atoms with E-state index in [1.807, 2.05) is 0 Å². The average Bonchev–Trinajstić information content (AvgIpc) is 3.42. The van der Waals surface area contributed by atoms with Crippen LogP contribution in [0, 0.1) is 5.41 Å². The van der Waals surface area contributed by atoms with Crippen LogP contribution in [0.15, 0.2) is 121 Å². The predicted molar refractivity (Wildman–Crippen MR) is 153 cm³/mol. The van der Waals surface area contributed by atoms with Gasteiger partial charge in [-0.2, -0.15) is 0 Å². The van der Waals surface area contributed by atoms with Gasteiger partial charge in [-0.3, -0.25) is 0 Å². The van der Waals surface area contributed by atoms with Crippen LogP contribution in [0.2, 0.25) is 0 Å². The van der Waals surface area contributed by atoms with Crippen molar-refractivity contribution in [1.29, 1.82) is 0 Å². The van der Waals surface area contributed by atoms with Gasteiger partial charge in [0.15, 0.2) is 0 Å². The van der Waals surface area contributed by atoms with Gasteiger partial charge in [0.1, 0.15) is 0 Å². The van der Waals surface area contributed by atoms with Gasteiger partial charge in [0, 0.05) is 28.1 Å². The number of fused-ring (bicyclic) bond motifs is 7. The van der Waals surface area contributed by atoms with Gasteiger partial charge in [-0.05, 0) is 46.9 Å². The van der Waals surface area contributed by atoms with E-state index >= 15 is 0 Å². The number of para-hydroxylation sites is 3. The van der Waals surface area contributed by atoms with E-state index in [4.69, 9.17) is 0 Å². The highest BCUT2D eigenvalue weighted by molar-refractivity contribution is 6.15. The van der Waals surface area contributed by atoms with Crippen molar-refractivity contribution in [1.82, 2.24) is 4.57 Å². The number of anilines is 2. The Labute approximate surface area is 212 Å². The maximum absolute atomic E-state index is 2.58. The molecular formula is C34H30N2.